The minimum Gasteiger partial charge on any atom is -0.348 e. The molecule has 2 N–H and O–H groups in total. The Balaban J connectivity index is 1.93. The lowest BCUT2D eigenvalue weighted by Gasteiger charge is -2.19. The number of rotatable bonds is 7. The van der Waals surface area contributed by atoms with Gasteiger partial charge >= 0.3 is 0 Å². The van der Waals surface area contributed by atoms with Crippen molar-refractivity contribution in [3.8, 4) is 0 Å². The third-order valence-electron chi connectivity index (χ3n) is 3.70. The average Bonchev–Trinajstić information content (AvgIpc) is 2.60. The first-order valence-corrected chi connectivity index (χ1v) is 8.08. The van der Waals surface area contributed by atoms with E-state index in [1.54, 1.807) is 0 Å². The Kier molecular flexibility index (Phi) is 6.62. The second kappa shape index (κ2) is 8.92. The molecule has 0 fully saturated rings. The summed E-state index contributed by atoms with van der Waals surface area (Å²) in [7, 11) is 0. The van der Waals surface area contributed by atoms with E-state index in [-0.39, 0.29) is 24.1 Å². The molecule has 0 aliphatic heterocycles. The van der Waals surface area contributed by atoms with Gasteiger partial charge in [0.05, 0.1) is 18.2 Å². The van der Waals surface area contributed by atoms with Gasteiger partial charge in [-0.3, -0.25) is 9.59 Å². The first-order valence-electron chi connectivity index (χ1n) is 8.08. The molecular weight excluding hydrogens is 326 g/mol. The second-order valence-corrected chi connectivity index (χ2v) is 5.63. The van der Waals surface area contributed by atoms with Crippen LogP contribution in [-0.4, -0.2) is 18.4 Å². The molecule has 0 heterocycles. The summed E-state index contributed by atoms with van der Waals surface area (Å²) in [5, 5.41) is 5.20. The Morgan fingerprint density at radius 2 is 1.80 bits per heavy atom. The third kappa shape index (κ3) is 5.38. The summed E-state index contributed by atoms with van der Waals surface area (Å²) in [4.78, 5) is 24.0. The first kappa shape index (κ1) is 18.6. The number of hydrogen-bond acceptors (Lipinski definition) is 2. The highest BCUT2D eigenvalue weighted by Crippen LogP contribution is 2.17. The molecule has 25 heavy (non-hydrogen) atoms. The molecule has 0 spiro atoms. The SMILES string of the molecule is CCC[C@H](NC(=O)CNC(=O)c1ccc(F)cc1F)c1ccccc1. The highest BCUT2D eigenvalue weighted by molar-refractivity contribution is 5.96. The molecule has 0 saturated carbocycles. The van der Waals surface area contributed by atoms with Crippen LogP contribution < -0.4 is 10.6 Å². The van der Waals surface area contributed by atoms with Crippen molar-refractivity contribution in [1.29, 1.82) is 0 Å². The molecule has 4 nitrogen and oxygen atoms in total. The van der Waals surface area contributed by atoms with Gasteiger partial charge < -0.3 is 10.6 Å². The summed E-state index contributed by atoms with van der Waals surface area (Å²) < 4.78 is 26.4. The van der Waals surface area contributed by atoms with Gasteiger partial charge in [0.1, 0.15) is 11.6 Å². The molecule has 2 aromatic carbocycles. The smallest absolute Gasteiger partial charge is 0.254 e. The van der Waals surface area contributed by atoms with Crippen molar-refractivity contribution in [3.63, 3.8) is 0 Å². The third-order valence-corrected chi connectivity index (χ3v) is 3.70. The van der Waals surface area contributed by atoms with Crippen LogP contribution >= 0.6 is 0 Å². The topological polar surface area (TPSA) is 58.2 Å². The van der Waals surface area contributed by atoms with E-state index in [9.17, 15) is 18.4 Å². The minimum absolute atomic E-state index is 0.154. The van der Waals surface area contributed by atoms with Crippen LogP contribution in [0.25, 0.3) is 0 Å². The van der Waals surface area contributed by atoms with Crippen LogP contribution in [0.1, 0.15) is 41.7 Å². The maximum Gasteiger partial charge on any atom is 0.254 e. The zero-order valence-electron chi connectivity index (χ0n) is 13.9. The van der Waals surface area contributed by atoms with E-state index < -0.39 is 17.5 Å². The predicted octanol–water partition coefficient (Wildman–Crippen LogP) is 3.35. The summed E-state index contributed by atoms with van der Waals surface area (Å²) in [6, 6.07) is 12.0. The lowest BCUT2D eigenvalue weighted by Crippen LogP contribution is -2.38. The molecule has 0 aliphatic rings. The fraction of sp³-hybridized carbons (Fsp3) is 0.263. The van der Waals surface area contributed by atoms with Crippen LogP contribution in [-0.2, 0) is 4.79 Å². The molecule has 6 heteroatoms. The van der Waals surface area contributed by atoms with Crippen LogP contribution in [0.5, 0.6) is 0 Å². The highest BCUT2D eigenvalue weighted by atomic mass is 19.1. The van der Waals surface area contributed by atoms with E-state index in [2.05, 4.69) is 10.6 Å². The molecule has 1 atom stereocenters. The zero-order chi connectivity index (χ0) is 18.2. The molecule has 2 rings (SSSR count). The minimum atomic E-state index is -0.967. The predicted molar refractivity (Wildman–Crippen MR) is 90.9 cm³/mol. The number of nitrogens with one attached hydrogen (secondary N) is 2. The van der Waals surface area contributed by atoms with E-state index in [0.29, 0.717) is 6.07 Å². The van der Waals surface area contributed by atoms with Crippen molar-refractivity contribution >= 4 is 11.8 Å². The summed E-state index contributed by atoms with van der Waals surface area (Å²) in [5.41, 5.74) is 0.677. The number of halogens is 2. The van der Waals surface area contributed by atoms with Gasteiger partial charge in [0.25, 0.3) is 5.91 Å². The van der Waals surface area contributed by atoms with E-state index in [4.69, 9.17) is 0 Å². The Morgan fingerprint density at radius 1 is 1.08 bits per heavy atom. The van der Waals surface area contributed by atoms with Gasteiger partial charge in [0.15, 0.2) is 0 Å². The van der Waals surface area contributed by atoms with Gasteiger partial charge in [-0.1, -0.05) is 43.7 Å². The fourth-order valence-electron chi connectivity index (χ4n) is 2.47. The van der Waals surface area contributed by atoms with E-state index in [1.165, 1.54) is 0 Å². The van der Waals surface area contributed by atoms with Gasteiger partial charge in [-0.15, -0.1) is 0 Å². The van der Waals surface area contributed by atoms with Gasteiger partial charge in [-0.05, 0) is 24.1 Å². The monoisotopic (exact) mass is 346 g/mol. The molecule has 0 bridgehead atoms. The standard InChI is InChI=1S/C19H20F2N2O2/c1-2-6-17(13-7-4-3-5-8-13)23-18(24)12-22-19(25)15-10-9-14(20)11-16(15)21/h3-5,7-11,17H,2,6,12H2,1H3,(H,22,25)(H,23,24)/t17-/m0/s1. The van der Waals surface area contributed by atoms with E-state index in [1.807, 2.05) is 37.3 Å². The number of amides is 2. The summed E-state index contributed by atoms with van der Waals surface area (Å²) >= 11 is 0. The Bertz CT molecular complexity index is 735. The Labute approximate surface area is 145 Å². The summed E-state index contributed by atoms with van der Waals surface area (Å²) in [6.07, 6.45) is 1.64. The molecule has 0 radical (unpaired) electrons. The van der Waals surface area contributed by atoms with E-state index >= 15 is 0 Å². The highest BCUT2D eigenvalue weighted by Gasteiger charge is 2.16. The van der Waals surface area contributed by atoms with Crippen LogP contribution in [0.3, 0.4) is 0 Å². The first-order chi connectivity index (χ1) is 12.0. The number of carbonyl (C=O) groups excluding carboxylic acids is 2. The summed E-state index contributed by atoms with van der Waals surface area (Å²) in [5.74, 6) is -2.87. The Morgan fingerprint density at radius 3 is 2.44 bits per heavy atom. The fourth-order valence-corrected chi connectivity index (χ4v) is 2.47. The average molecular weight is 346 g/mol. The van der Waals surface area contributed by atoms with Crippen molar-refractivity contribution in [1.82, 2.24) is 10.6 Å². The molecule has 0 aromatic heterocycles. The van der Waals surface area contributed by atoms with E-state index in [0.717, 1.165) is 30.5 Å². The van der Waals surface area contributed by atoms with Crippen molar-refractivity contribution in [2.24, 2.45) is 0 Å². The quantitative estimate of drug-likeness (QED) is 0.808. The number of carbonyl (C=O) groups is 2. The van der Waals surface area contributed by atoms with Crippen molar-refractivity contribution in [2.75, 3.05) is 6.54 Å². The Hall–Kier alpha value is -2.76. The molecule has 132 valence electrons. The maximum atomic E-state index is 13.6. The molecule has 2 amide bonds. The maximum absolute atomic E-state index is 13.6. The number of benzene rings is 2. The zero-order valence-corrected chi connectivity index (χ0v) is 13.9. The lowest BCUT2D eigenvalue weighted by molar-refractivity contribution is -0.120. The van der Waals surface area contributed by atoms with Crippen molar-refractivity contribution in [2.45, 2.75) is 25.8 Å². The van der Waals surface area contributed by atoms with Crippen LogP contribution in [0.4, 0.5) is 8.78 Å². The normalized spacial score (nSPS) is 11.6. The van der Waals surface area contributed by atoms with Crippen LogP contribution in [0.2, 0.25) is 0 Å². The molecule has 0 aliphatic carbocycles. The van der Waals surface area contributed by atoms with Crippen LogP contribution in [0.15, 0.2) is 48.5 Å². The van der Waals surface area contributed by atoms with Crippen LogP contribution in [0, 0.1) is 11.6 Å². The molecule has 0 saturated heterocycles. The second-order valence-electron chi connectivity index (χ2n) is 5.63. The van der Waals surface area contributed by atoms with Gasteiger partial charge in [-0.25, -0.2) is 8.78 Å². The van der Waals surface area contributed by atoms with Gasteiger partial charge in [-0.2, -0.15) is 0 Å². The van der Waals surface area contributed by atoms with Gasteiger partial charge in [0, 0.05) is 6.07 Å². The molecular formula is C19H20F2N2O2. The van der Waals surface area contributed by atoms with Gasteiger partial charge in [0.2, 0.25) is 5.91 Å². The molecule has 0 unspecified atom stereocenters. The molecule has 2 aromatic rings. The largest absolute Gasteiger partial charge is 0.348 e. The number of hydrogen-bond donors (Lipinski definition) is 2. The van der Waals surface area contributed by atoms with Crippen molar-refractivity contribution in [3.05, 3.63) is 71.3 Å². The van der Waals surface area contributed by atoms with Crippen molar-refractivity contribution < 1.29 is 18.4 Å². The summed E-state index contributed by atoms with van der Waals surface area (Å²) in [6.45, 7) is 1.73. The lowest BCUT2D eigenvalue weighted by atomic mass is 10.0.